The number of hydrogen-bond donors (Lipinski definition) is 0. The van der Waals surface area contributed by atoms with Gasteiger partial charge >= 0.3 is 0 Å². The standard InChI is InChI=1S/C14H24N2O3/c1-10(2)19-14-12(15-7-5-4-6-8-15)9-13(18)16(14)11(3)17/h10,12,14H,4-9H2,1-3H3/t12-,14+/m0/s1. The van der Waals surface area contributed by atoms with E-state index in [9.17, 15) is 9.59 Å². The maximum atomic E-state index is 12.1. The summed E-state index contributed by atoms with van der Waals surface area (Å²) in [6, 6.07) is 0.0269. The molecule has 0 aliphatic carbocycles. The van der Waals surface area contributed by atoms with Crippen molar-refractivity contribution in [1.29, 1.82) is 0 Å². The van der Waals surface area contributed by atoms with Crippen molar-refractivity contribution < 1.29 is 14.3 Å². The Balaban J connectivity index is 2.16. The predicted molar refractivity (Wildman–Crippen MR) is 71.4 cm³/mol. The second-order valence-corrected chi connectivity index (χ2v) is 5.73. The normalized spacial score (nSPS) is 29.3. The molecule has 0 aromatic rings. The largest absolute Gasteiger partial charge is 0.353 e. The van der Waals surface area contributed by atoms with E-state index >= 15 is 0 Å². The summed E-state index contributed by atoms with van der Waals surface area (Å²) < 4.78 is 5.86. The van der Waals surface area contributed by atoms with E-state index in [0.717, 1.165) is 13.1 Å². The monoisotopic (exact) mass is 268 g/mol. The first-order valence-electron chi connectivity index (χ1n) is 7.23. The van der Waals surface area contributed by atoms with Crippen molar-refractivity contribution in [1.82, 2.24) is 9.80 Å². The minimum absolute atomic E-state index is 0.00467. The molecule has 0 bridgehead atoms. The molecule has 0 N–H and O–H groups in total. The van der Waals surface area contributed by atoms with Gasteiger partial charge in [0.15, 0.2) is 6.23 Å². The fraction of sp³-hybridized carbons (Fsp3) is 0.857. The summed E-state index contributed by atoms with van der Waals surface area (Å²) in [7, 11) is 0. The lowest BCUT2D eigenvalue weighted by molar-refractivity contribution is -0.158. The zero-order valence-corrected chi connectivity index (χ0v) is 12.1. The van der Waals surface area contributed by atoms with E-state index in [0.29, 0.717) is 6.42 Å². The molecule has 2 rings (SSSR count). The highest BCUT2D eigenvalue weighted by Gasteiger charge is 2.46. The summed E-state index contributed by atoms with van der Waals surface area (Å²) in [6.07, 6.45) is 3.58. The molecule has 0 aromatic heterocycles. The van der Waals surface area contributed by atoms with Gasteiger partial charge in [0.1, 0.15) is 0 Å². The van der Waals surface area contributed by atoms with Gasteiger partial charge in [-0.25, -0.2) is 0 Å². The summed E-state index contributed by atoms with van der Waals surface area (Å²) in [4.78, 5) is 27.4. The van der Waals surface area contributed by atoms with E-state index in [-0.39, 0.29) is 24.0 Å². The third-order valence-corrected chi connectivity index (χ3v) is 3.85. The van der Waals surface area contributed by atoms with Crippen LogP contribution in [0.3, 0.4) is 0 Å². The number of piperidine rings is 1. The zero-order valence-electron chi connectivity index (χ0n) is 12.1. The molecule has 0 unspecified atom stereocenters. The van der Waals surface area contributed by atoms with Crippen molar-refractivity contribution in [2.45, 2.75) is 64.8 Å². The maximum absolute atomic E-state index is 12.1. The SMILES string of the molecule is CC(=O)N1C(=O)C[C@H](N2CCCCC2)[C@H]1OC(C)C. The molecule has 0 aromatic carbocycles. The number of amides is 2. The van der Waals surface area contributed by atoms with Crippen molar-refractivity contribution in [3.63, 3.8) is 0 Å². The summed E-state index contributed by atoms with van der Waals surface area (Å²) in [6.45, 7) is 7.32. The summed E-state index contributed by atoms with van der Waals surface area (Å²) in [5, 5.41) is 0. The average Bonchev–Trinajstić information content (AvgIpc) is 2.66. The van der Waals surface area contributed by atoms with Crippen LogP contribution < -0.4 is 0 Å². The predicted octanol–water partition coefficient (Wildman–Crippen LogP) is 1.37. The van der Waals surface area contributed by atoms with Crippen LogP contribution >= 0.6 is 0 Å². The lowest BCUT2D eigenvalue weighted by Gasteiger charge is -2.36. The van der Waals surface area contributed by atoms with E-state index in [1.807, 2.05) is 13.8 Å². The van der Waals surface area contributed by atoms with E-state index in [1.54, 1.807) is 0 Å². The van der Waals surface area contributed by atoms with Gasteiger partial charge in [-0.05, 0) is 39.8 Å². The molecule has 0 radical (unpaired) electrons. The first-order chi connectivity index (χ1) is 9.00. The fourth-order valence-electron chi connectivity index (χ4n) is 3.04. The number of imide groups is 1. The topological polar surface area (TPSA) is 49.9 Å². The van der Waals surface area contributed by atoms with Crippen molar-refractivity contribution in [2.24, 2.45) is 0 Å². The van der Waals surface area contributed by atoms with Crippen LogP contribution in [0.15, 0.2) is 0 Å². The highest BCUT2D eigenvalue weighted by Crippen LogP contribution is 2.28. The Morgan fingerprint density at radius 3 is 2.42 bits per heavy atom. The number of rotatable bonds is 3. The van der Waals surface area contributed by atoms with Gasteiger partial charge in [-0.2, -0.15) is 0 Å². The maximum Gasteiger partial charge on any atom is 0.233 e. The Morgan fingerprint density at radius 1 is 1.26 bits per heavy atom. The Bertz CT molecular complexity index is 351. The number of carbonyl (C=O) groups is 2. The van der Waals surface area contributed by atoms with Crippen LogP contribution in [0.25, 0.3) is 0 Å². The molecule has 2 heterocycles. The van der Waals surface area contributed by atoms with Crippen LogP contribution in [-0.2, 0) is 14.3 Å². The van der Waals surface area contributed by atoms with Crippen molar-refractivity contribution in [2.75, 3.05) is 13.1 Å². The highest BCUT2D eigenvalue weighted by atomic mass is 16.5. The van der Waals surface area contributed by atoms with Crippen LogP contribution in [0.1, 0.15) is 46.5 Å². The molecule has 2 atom stereocenters. The van der Waals surface area contributed by atoms with E-state index in [4.69, 9.17) is 4.74 Å². The van der Waals surface area contributed by atoms with Crippen LogP contribution in [0.2, 0.25) is 0 Å². The van der Waals surface area contributed by atoms with E-state index < -0.39 is 6.23 Å². The minimum Gasteiger partial charge on any atom is -0.353 e. The number of likely N-dealkylation sites (tertiary alicyclic amines) is 2. The van der Waals surface area contributed by atoms with Gasteiger partial charge in [0, 0.05) is 13.3 Å². The Kier molecular flexibility index (Phi) is 4.58. The number of ether oxygens (including phenoxy) is 1. The molecule has 2 fully saturated rings. The first-order valence-corrected chi connectivity index (χ1v) is 7.23. The summed E-state index contributed by atoms with van der Waals surface area (Å²) in [5.41, 5.74) is 0. The molecule has 19 heavy (non-hydrogen) atoms. The van der Waals surface area contributed by atoms with Crippen molar-refractivity contribution in [3.05, 3.63) is 0 Å². The Morgan fingerprint density at radius 2 is 1.89 bits per heavy atom. The molecule has 108 valence electrons. The van der Waals surface area contributed by atoms with Gasteiger partial charge < -0.3 is 4.74 Å². The average molecular weight is 268 g/mol. The fourth-order valence-corrected chi connectivity index (χ4v) is 3.04. The van der Waals surface area contributed by atoms with Crippen LogP contribution in [0.4, 0.5) is 0 Å². The second-order valence-electron chi connectivity index (χ2n) is 5.73. The quantitative estimate of drug-likeness (QED) is 0.775. The second kappa shape index (κ2) is 6.01. The summed E-state index contributed by atoms with van der Waals surface area (Å²) in [5.74, 6) is -0.316. The molecule has 0 saturated carbocycles. The van der Waals surface area contributed by atoms with Crippen molar-refractivity contribution in [3.8, 4) is 0 Å². The lowest BCUT2D eigenvalue weighted by Crippen LogP contribution is -2.50. The molecule has 2 aliphatic heterocycles. The van der Waals surface area contributed by atoms with E-state index in [1.165, 1.54) is 31.1 Å². The van der Waals surface area contributed by atoms with E-state index in [2.05, 4.69) is 4.90 Å². The molecule has 2 aliphatic rings. The molecule has 0 spiro atoms. The zero-order chi connectivity index (χ0) is 14.0. The van der Waals surface area contributed by atoms with Gasteiger partial charge in [-0.1, -0.05) is 6.42 Å². The minimum atomic E-state index is -0.414. The third kappa shape index (κ3) is 3.15. The Hall–Kier alpha value is -0.940. The smallest absolute Gasteiger partial charge is 0.233 e. The lowest BCUT2D eigenvalue weighted by atomic mass is 10.1. The van der Waals surface area contributed by atoms with Gasteiger partial charge in [0.05, 0.1) is 12.1 Å². The molecule has 2 amide bonds. The van der Waals surface area contributed by atoms with Gasteiger partial charge in [-0.3, -0.25) is 19.4 Å². The van der Waals surface area contributed by atoms with Gasteiger partial charge in [-0.15, -0.1) is 0 Å². The number of carbonyl (C=O) groups excluding carboxylic acids is 2. The molecule has 5 nitrogen and oxygen atoms in total. The third-order valence-electron chi connectivity index (χ3n) is 3.85. The van der Waals surface area contributed by atoms with Gasteiger partial charge in [0.25, 0.3) is 0 Å². The highest BCUT2D eigenvalue weighted by molar-refractivity contribution is 5.96. The molecular weight excluding hydrogens is 244 g/mol. The number of hydrogen-bond acceptors (Lipinski definition) is 4. The summed E-state index contributed by atoms with van der Waals surface area (Å²) >= 11 is 0. The van der Waals surface area contributed by atoms with Crippen LogP contribution in [0, 0.1) is 0 Å². The molecular formula is C14H24N2O3. The number of nitrogens with zero attached hydrogens (tertiary/aromatic N) is 2. The van der Waals surface area contributed by atoms with Crippen molar-refractivity contribution >= 4 is 11.8 Å². The Labute approximate surface area is 114 Å². The molecule has 2 saturated heterocycles. The van der Waals surface area contributed by atoms with Gasteiger partial charge in [0.2, 0.25) is 11.8 Å². The van der Waals surface area contributed by atoms with Crippen LogP contribution in [-0.4, -0.2) is 53.1 Å². The first kappa shape index (κ1) is 14.5. The molecule has 5 heteroatoms. The van der Waals surface area contributed by atoms with Crippen LogP contribution in [0.5, 0.6) is 0 Å².